The van der Waals surface area contributed by atoms with Gasteiger partial charge < -0.3 is 20.0 Å². The van der Waals surface area contributed by atoms with Crippen LogP contribution in [0.5, 0.6) is 5.75 Å². The number of aromatic carboxylic acids is 1. The first-order chi connectivity index (χ1) is 20.9. The molecule has 9 nitrogen and oxygen atoms in total. The lowest BCUT2D eigenvalue weighted by Crippen LogP contribution is -2.46. The predicted octanol–water partition coefficient (Wildman–Crippen LogP) is 7.41. The largest absolute Gasteiger partial charge is 0.477 e. The molecular weight excluding hydrogens is 564 g/mol. The number of thiophene rings is 1. The van der Waals surface area contributed by atoms with Crippen LogP contribution in [0.4, 0.5) is 5.69 Å². The van der Waals surface area contributed by atoms with Crippen LogP contribution in [0.2, 0.25) is 0 Å². The smallest absolute Gasteiger partial charge is 0.348 e. The normalized spacial score (nSPS) is 21.5. The molecule has 4 aromatic rings. The quantitative estimate of drug-likeness (QED) is 0.182. The number of carboxylic acid groups (broad SMARTS) is 1. The number of fused-ring (bicyclic) bond motifs is 5. The molecule has 2 saturated carbocycles. The van der Waals surface area contributed by atoms with Gasteiger partial charge in [0.15, 0.2) is 6.73 Å². The molecule has 10 heteroatoms. The number of ether oxygens (including phenoxy) is 1. The maximum atomic E-state index is 14.2. The van der Waals surface area contributed by atoms with Gasteiger partial charge in [-0.1, -0.05) is 30.3 Å². The number of carboxylic acids is 1. The summed E-state index contributed by atoms with van der Waals surface area (Å²) in [6.07, 6.45) is 6.06. The first-order valence-corrected chi connectivity index (χ1v) is 15.9. The van der Waals surface area contributed by atoms with E-state index in [0.717, 1.165) is 64.3 Å². The van der Waals surface area contributed by atoms with E-state index >= 15 is 0 Å². The van der Waals surface area contributed by atoms with E-state index in [1.54, 1.807) is 4.90 Å². The van der Waals surface area contributed by atoms with Gasteiger partial charge in [0.2, 0.25) is 5.91 Å². The molecule has 0 atom stereocenters. The van der Waals surface area contributed by atoms with E-state index in [9.17, 15) is 19.9 Å². The van der Waals surface area contributed by atoms with Crippen LogP contribution in [0.15, 0.2) is 53.7 Å². The van der Waals surface area contributed by atoms with Crippen LogP contribution in [0.3, 0.4) is 0 Å². The highest BCUT2D eigenvalue weighted by Gasteiger charge is 2.37. The summed E-state index contributed by atoms with van der Waals surface area (Å²) >= 11 is 1.19. The molecule has 2 N–H and O–H groups in total. The molecule has 222 valence electrons. The molecule has 2 aromatic carbocycles. The van der Waals surface area contributed by atoms with Crippen LogP contribution in [0.1, 0.15) is 68.0 Å². The highest BCUT2D eigenvalue weighted by Crippen LogP contribution is 2.44. The first kappa shape index (κ1) is 27.6. The number of aromatic nitrogens is 2. The minimum Gasteiger partial charge on any atom is -0.477 e. The molecule has 0 saturated heterocycles. The van der Waals surface area contributed by atoms with E-state index < -0.39 is 5.97 Å². The minimum absolute atomic E-state index is 0.0146. The summed E-state index contributed by atoms with van der Waals surface area (Å²) in [6, 6.07) is 15.6. The Bertz CT molecular complexity index is 1740. The molecule has 2 aliphatic carbocycles. The topological polar surface area (TPSA) is 117 Å². The summed E-state index contributed by atoms with van der Waals surface area (Å²) in [5.41, 5.74) is 4.82. The van der Waals surface area contributed by atoms with E-state index in [-0.39, 0.29) is 22.7 Å². The third-order valence-electron chi connectivity index (χ3n) is 9.32. The van der Waals surface area contributed by atoms with Gasteiger partial charge in [-0.15, -0.1) is 11.3 Å². The SMILES string of the molecule is CC1CCC(C(=O)N(c2cc(-c3ccc4c(c3)OCn3c-4nc4ccccc43)sc2C(=O)O)C2CCC(=NO)CC2)CC1. The lowest BCUT2D eigenvalue weighted by molar-refractivity contribution is -0.124. The Hall–Kier alpha value is -4.18. The van der Waals surface area contributed by atoms with Crippen molar-refractivity contribution in [1.82, 2.24) is 9.55 Å². The molecule has 0 radical (unpaired) electrons. The second-order valence-electron chi connectivity index (χ2n) is 12.0. The van der Waals surface area contributed by atoms with Gasteiger partial charge in [-0.05, 0) is 93.2 Å². The predicted molar refractivity (Wildman–Crippen MR) is 166 cm³/mol. The zero-order chi connectivity index (χ0) is 29.7. The number of oxime groups is 1. The van der Waals surface area contributed by atoms with E-state index in [1.807, 2.05) is 48.5 Å². The van der Waals surface area contributed by atoms with Crippen LogP contribution in [-0.2, 0) is 11.5 Å². The summed E-state index contributed by atoms with van der Waals surface area (Å²) in [7, 11) is 0. The minimum atomic E-state index is -1.04. The monoisotopic (exact) mass is 598 g/mol. The number of para-hydroxylation sites is 2. The molecule has 3 aliphatic rings. The second kappa shape index (κ2) is 11.1. The zero-order valence-corrected chi connectivity index (χ0v) is 24.8. The molecule has 0 unspecified atom stereocenters. The molecule has 1 amide bonds. The summed E-state index contributed by atoms with van der Waals surface area (Å²) in [5.74, 6) is 0.984. The molecule has 2 aromatic heterocycles. The van der Waals surface area contributed by atoms with Gasteiger partial charge in [0.05, 0.1) is 28.0 Å². The van der Waals surface area contributed by atoms with Gasteiger partial charge in [-0.2, -0.15) is 0 Å². The van der Waals surface area contributed by atoms with Crippen LogP contribution >= 0.6 is 11.3 Å². The Labute approximate surface area is 253 Å². The fourth-order valence-corrected chi connectivity index (χ4v) is 7.86. The Morgan fingerprint density at radius 3 is 2.56 bits per heavy atom. The maximum Gasteiger partial charge on any atom is 0.348 e. The van der Waals surface area contributed by atoms with Crippen molar-refractivity contribution in [2.75, 3.05) is 4.90 Å². The standard InChI is InChI=1S/C33H34N4O5S/c1-19-6-8-20(9-7-19)32(38)37(23-13-11-22(35-41)12-14-23)27-17-29(43-30(27)33(39)40)21-10-15-24-28(16-21)42-18-36-26-5-3-2-4-25(26)34-31(24)36/h2-5,10,15-17,19-20,23,41H,6-9,11-14,18H2,1H3,(H,39,40). The fraction of sp³-hybridized carbons (Fsp3) is 0.394. The lowest BCUT2D eigenvalue weighted by Gasteiger charge is -2.38. The van der Waals surface area contributed by atoms with Crippen molar-refractivity contribution in [3.05, 3.63) is 53.4 Å². The summed E-state index contributed by atoms with van der Waals surface area (Å²) in [4.78, 5) is 34.4. The molecule has 1 aliphatic heterocycles. The van der Waals surface area contributed by atoms with Gasteiger partial charge in [0.25, 0.3) is 0 Å². The average molecular weight is 599 g/mol. The Kier molecular flexibility index (Phi) is 7.17. The van der Waals surface area contributed by atoms with Gasteiger partial charge in [-0.3, -0.25) is 9.36 Å². The maximum absolute atomic E-state index is 14.2. The van der Waals surface area contributed by atoms with Crippen LogP contribution < -0.4 is 9.64 Å². The molecule has 2 fully saturated rings. The number of carbonyl (C=O) groups is 2. The highest BCUT2D eigenvalue weighted by atomic mass is 32.1. The summed E-state index contributed by atoms with van der Waals surface area (Å²) in [6.45, 7) is 2.56. The summed E-state index contributed by atoms with van der Waals surface area (Å²) in [5, 5.41) is 23.1. The lowest BCUT2D eigenvalue weighted by atomic mass is 9.81. The van der Waals surface area contributed by atoms with Crippen molar-refractivity contribution in [2.24, 2.45) is 17.0 Å². The van der Waals surface area contributed by atoms with Crippen LogP contribution in [0, 0.1) is 11.8 Å². The second-order valence-corrected chi connectivity index (χ2v) is 13.1. The van der Waals surface area contributed by atoms with Crippen molar-refractivity contribution >= 4 is 45.6 Å². The number of carbonyl (C=O) groups excluding carboxylic acids is 1. The third kappa shape index (κ3) is 4.97. The van der Waals surface area contributed by atoms with Crippen molar-refractivity contribution in [1.29, 1.82) is 0 Å². The first-order valence-electron chi connectivity index (χ1n) is 15.0. The number of anilines is 1. The van der Waals surface area contributed by atoms with Crippen molar-refractivity contribution < 1.29 is 24.6 Å². The van der Waals surface area contributed by atoms with E-state index in [4.69, 9.17) is 9.72 Å². The van der Waals surface area contributed by atoms with E-state index in [1.165, 1.54) is 11.3 Å². The molecule has 43 heavy (non-hydrogen) atoms. The average Bonchev–Trinajstić information content (AvgIpc) is 3.64. The Morgan fingerprint density at radius 2 is 1.81 bits per heavy atom. The number of nitrogens with zero attached hydrogens (tertiary/aromatic N) is 4. The number of amides is 1. The van der Waals surface area contributed by atoms with Gasteiger partial charge in [0.1, 0.15) is 16.5 Å². The number of rotatable bonds is 5. The third-order valence-corrected chi connectivity index (χ3v) is 10.5. The molecule has 0 spiro atoms. The molecular formula is C33H34N4O5S. The van der Waals surface area contributed by atoms with Gasteiger partial charge >= 0.3 is 5.97 Å². The number of hydrogen-bond donors (Lipinski definition) is 2. The fourth-order valence-electron chi connectivity index (χ4n) is 6.87. The zero-order valence-electron chi connectivity index (χ0n) is 24.0. The molecule has 0 bridgehead atoms. The summed E-state index contributed by atoms with van der Waals surface area (Å²) < 4.78 is 8.22. The van der Waals surface area contributed by atoms with E-state index in [0.29, 0.717) is 49.8 Å². The van der Waals surface area contributed by atoms with Crippen LogP contribution in [0.25, 0.3) is 32.9 Å². The van der Waals surface area contributed by atoms with Gasteiger partial charge in [0, 0.05) is 16.8 Å². The van der Waals surface area contributed by atoms with Crippen molar-refractivity contribution in [3.63, 3.8) is 0 Å². The van der Waals surface area contributed by atoms with Gasteiger partial charge in [-0.25, -0.2) is 9.78 Å². The highest BCUT2D eigenvalue weighted by molar-refractivity contribution is 7.18. The van der Waals surface area contributed by atoms with Crippen molar-refractivity contribution in [2.45, 2.75) is 71.1 Å². The molecule has 7 rings (SSSR count). The number of benzene rings is 2. The number of imidazole rings is 1. The van der Waals surface area contributed by atoms with Crippen molar-refractivity contribution in [3.8, 4) is 27.6 Å². The van der Waals surface area contributed by atoms with Crippen LogP contribution in [-0.4, -0.2) is 43.5 Å². The Balaban J connectivity index is 1.26. The Morgan fingerprint density at radius 1 is 1.05 bits per heavy atom. The van der Waals surface area contributed by atoms with E-state index in [2.05, 4.69) is 16.6 Å². The number of hydrogen-bond acceptors (Lipinski definition) is 7. The molecule has 3 heterocycles.